The lowest BCUT2D eigenvalue weighted by Gasteiger charge is -2.30. The minimum Gasteiger partial charge on any atom is -0.475 e. The summed E-state index contributed by atoms with van der Waals surface area (Å²) in [5.74, 6) is -2.93. The molecule has 1 saturated heterocycles. The third-order valence-corrected chi connectivity index (χ3v) is 11.3. The van der Waals surface area contributed by atoms with Gasteiger partial charge in [0.1, 0.15) is 9.22 Å². The topological polar surface area (TPSA) is 133 Å². The van der Waals surface area contributed by atoms with Gasteiger partial charge in [-0.15, -0.1) is 22.7 Å². The number of nitrogens with one attached hydrogen (secondary N) is 1. The number of benzene rings is 1. The number of fused-ring (bicyclic) bond motifs is 1. The molecule has 4 heterocycles. The van der Waals surface area contributed by atoms with E-state index in [4.69, 9.17) is 14.6 Å². The fourth-order valence-corrected chi connectivity index (χ4v) is 8.69. The van der Waals surface area contributed by atoms with Crippen molar-refractivity contribution in [2.24, 2.45) is 5.92 Å². The van der Waals surface area contributed by atoms with Crippen LogP contribution in [-0.2, 0) is 30.9 Å². The minimum absolute atomic E-state index is 0.0717. The van der Waals surface area contributed by atoms with Crippen LogP contribution in [0.4, 0.5) is 18.9 Å². The van der Waals surface area contributed by atoms with Crippen LogP contribution in [0, 0.1) is 5.92 Å². The molecular weight excluding hydrogens is 654 g/mol. The summed E-state index contributed by atoms with van der Waals surface area (Å²) in [7, 11) is -3.70. The maximum atomic E-state index is 13.5. The Morgan fingerprint density at radius 2 is 1.98 bits per heavy atom. The molecule has 0 spiro atoms. The highest BCUT2D eigenvalue weighted by Gasteiger charge is 2.38. The van der Waals surface area contributed by atoms with Gasteiger partial charge < -0.3 is 14.8 Å². The third kappa shape index (κ3) is 8.23. The lowest BCUT2D eigenvalue weighted by molar-refractivity contribution is -0.192. The molecule has 1 aliphatic rings. The first kappa shape index (κ1) is 34.4. The number of aromatic amines is 1. The van der Waals surface area contributed by atoms with Gasteiger partial charge in [0.2, 0.25) is 0 Å². The number of nitrogens with zero attached hydrogens (tertiary/aromatic N) is 3. The quantitative estimate of drug-likeness (QED) is 0.194. The Morgan fingerprint density at radius 1 is 1.24 bits per heavy atom. The maximum Gasteiger partial charge on any atom is 0.490 e. The summed E-state index contributed by atoms with van der Waals surface area (Å²) in [6, 6.07) is 10.9. The van der Waals surface area contributed by atoms with Crippen molar-refractivity contribution in [3.63, 3.8) is 0 Å². The normalized spacial score (nSPS) is 15.9. The predicted molar refractivity (Wildman–Crippen MR) is 167 cm³/mol. The Bertz CT molecular complexity index is 1720. The predicted octanol–water partition coefficient (Wildman–Crippen LogP) is 6.37. The molecule has 0 bridgehead atoms. The first-order valence-electron chi connectivity index (χ1n) is 14.1. The number of sulfonamides is 1. The molecule has 3 aromatic heterocycles. The number of ether oxygens (including phenoxy) is 1. The number of piperidine rings is 1. The second-order valence-corrected chi connectivity index (χ2v) is 14.6. The standard InChI is InChI=1S/C27H32N4O4S3.C2HF3O2/c1-4-35-27(32)20-9-6-12-30(16-20)17-21-15-28-26(37-21)22-14-19-8-5-10-23(25(19)29-22)31(18(2)3)38(33,34)24-11-7-13-36-24;3-2(4,5)1(6)7/h5,7-8,10-11,13-15,18,20,29H,4,6,9,12,16-17H2,1-3H3;(H,6,7). The largest absolute Gasteiger partial charge is 0.490 e. The van der Waals surface area contributed by atoms with E-state index in [1.54, 1.807) is 28.8 Å². The number of aliphatic carboxylic acids is 1. The van der Waals surface area contributed by atoms with E-state index >= 15 is 0 Å². The van der Waals surface area contributed by atoms with Gasteiger partial charge in [0.05, 0.1) is 29.4 Å². The molecule has 10 nitrogen and oxygen atoms in total. The molecule has 1 aromatic carbocycles. The van der Waals surface area contributed by atoms with Gasteiger partial charge in [-0.3, -0.25) is 14.0 Å². The lowest BCUT2D eigenvalue weighted by Crippen LogP contribution is -2.38. The number of aromatic nitrogens is 2. The zero-order valence-corrected chi connectivity index (χ0v) is 27.2. The number of carboxylic acid groups (broad SMARTS) is 1. The summed E-state index contributed by atoms with van der Waals surface area (Å²) in [6.07, 6.45) is -1.35. The zero-order chi connectivity index (χ0) is 32.9. The number of hydrogen-bond acceptors (Lipinski definition) is 9. The number of carboxylic acids is 1. The molecule has 45 heavy (non-hydrogen) atoms. The molecule has 0 aliphatic carbocycles. The van der Waals surface area contributed by atoms with Gasteiger partial charge in [-0.1, -0.05) is 18.2 Å². The second-order valence-electron chi connectivity index (χ2n) is 10.5. The van der Waals surface area contributed by atoms with E-state index in [9.17, 15) is 26.4 Å². The van der Waals surface area contributed by atoms with Crippen molar-refractivity contribution in [2.75, 3.05) is 24.0 Å². The number of carbonyl (C=O) groups excluding carboxylic acids is 1. The molecule has 2 N–H and O–H groups in total. The van der Waals surface area contributed by atoms with Crippen molar-refractivity contribution in [3.8, 4) is 10.7 Å². The van der Waals surface area contributed by atoms with Crippen LogP contribution in [0.25, 0.3) is 21.6 Å². The van der Waals surface area contributed by atoms with Crippen LogP contribution in [0.15, 0.2) is 52.2 Å². The summed E-state index contributed by atoms with van der Waals surface area (Å²) >= 11 is 2.83. The van der Waals surface area contributed by atoms with Crippen LogP contribution in [0.3, 0.4) is 0 Å². The summed E-state index contributed by atoms with van der Waals surface area (Å²) < 4.78 is 65.8. The van der Waals surface area contributed by atoms with Crippen molar-refractivity contribution in [3.05, 3.63) is 52.9 Å². The summed E-state index contributed by atoms with van der Waals surface area (Å²) in [5, 5.41) is 10.7. The Labute approximate surface area is 266 Å². The molecule has 4 aromatic rings. The van der Waals surface area contributed by atoms with Crippen LogP contribution < -0.4 is 4.31 Å². The molecule has 16 heteroatoms. The van der Waals surface area contributed by atoms with E-state index in [0.717, 1.165) is 52.4 Å². The average molecular weight is 687 g/mol. The lowest BCUT2D eigenvalue weighted by atomic mass is 9.98. The van der Waals surface area contributed by atoms with E-state index < -0.39 is 22.2 Å². The number of H-pyrrole nitrogens is 1. The molecule has 244 valence electrons. The molecule has 1 atom stereocenters. The van der Waals surface area contributed by atoms with E-state index in [-0.39, 0.29) is 17.9 Å². The average Bonchev–Trinajstić information content (AvgIpc) is 3.74. The molecule has 1 aliphatic heterocycles. The van der Waals surface area contributed by atoms with Gasteiger partial charge in [0, 0.05) is 35.6 Å². The highest BCUT2D eigenvalue weighted by Crippen LogP contribution is 2.37. The van der Waals surface area contributed by atoms with E-state index in [1.165, 1.54) is 15.6 Å². The van der Waals surface area contributed by atoms with Crippen molar-refractivity contribution < 1.29 is 41.0 Å². The van der Waals surface area contributed by atoms with Gasteiger partial charge in [0.25, 0.3) is 10.0 Å². The number of thiazole rings is 1. The first-order chi connectivity index (χ1) is 21.2. The summed E-state index contributed by atoms with van der Waals surface area (Å²) in [5.41, 5.74) is 2.23. The summed E-state index contributed by atoms with van der Waals surface area (Å²) in [6.45, 7) is 8.40. The third-order valence-electron chi connectivity index (χ3n) is 6.88. The Morgan fingerprint density at radius 3 is 2.60 bits per heavy atom. The summed E-state index contributed by atoms with van der Waals surface area (Å²) in [4.78, 5) is 32.6. The molecule has 5 rings (SSSR count). The number of anilines is 1. The fraction of sp³-hybridized carbons (Fsp3) is 0.414. The van der Waals surface area contributed by atoms with Crippen molar-refractivity contribution in [1.29, 1.82) is 0 Å². The van der Waals surface area contributed by atoms with Gasteiger partial charge in [-0.25, -0.2) is 18.2 Å². The second kappa shape index (κ2) is 14.3. The first-order valence-corrected chi connectivity index (χ1v) is 17.2. The number of esters is 1. The smallest absolute Gasteiger partial charge is 0.475 e. The van der Waals surface area contributed by atoms with Crippen LogP contribution in [0.1, 0.15) is 38.5 Å². The number of likely N-dealkylation sites (tertiary alicyclic amines) is 1. The Hall–Kier alpha value is -3.47. The van der Waals surface area contributed by atoms with Gasteiger partial charge in [-0.2, -0.15) is 13.2 Å². The maximum absolute atomic E-state index is 13.5. The number of para-hydroxylation sites is 1. The van der Waals surface area contributed by atoms with Crippen molar-refractivity contribution in [1.82, 2.24) is 14.9 Å². The number of carbonyl (C=O) groups is 2. The fourth-order valence-electron chi connectivity index (χ4n) is 5.01. The van der Waals surface area contributed by atoms with E-state index in [1.807, 2.05) is 51.2 Å². The van der Waals surface area contributed by atoms with Gasteiger partial charge in [0.15, 0.2) is 0 Å². The molecule has 1 unspecified atom stereocenters. The molecule has 0 saturated carbocycles. The Balaban J connectivity index is 0.000000591. The number of alkyl halides is 3. The Kier molecular flexibility index (Phi) is 10.9. The number of thiophene rings is 1. The minimum atomic E-state index is -5.08. The zero-order valence-electron chi connectivity index (χ0n) is 24.7. The monoisotopic (exact) mass is 686 g/mol. The highest BCUT2D eigenvalue weighted by molar-refractivity contribution is 7.94. The van der Waals surface area contributed by atoms with Crippen LogP contribution >= 0.6 is 22.7 Å². The van der Waals surface area contributed by atoms with Crippen LogP contribution in [0.5, 0.6) is 0 Å². The highest BCUT2D eigenvalue weighted by atomic mass is 32.2. The van der Waals surface area contributed by atoms with E-state index in [2.05, 4.69) is 14.9 Å². The van der Waals surface area contributed by atoms with Crippen LogP contribution in [-0.4, -0.2) is 72.2 Å². The van der Waals surface area contributed by atoms with Crippen molar-refractivity contribution >= 4 is 61.2 Å². The SMILES string of the molecule is CCOC(=O)C1CCCN(Cc2cnc(-c3cc4cccc(N(C(C)C)S(=O)(=O)c5cccs5)c4[nH]3)s2)C1.O=C(O)C(F)(F)F. The molecule has 1 fully saturated rings. The van der Waals surface area contributed by atoms with Gasteiger partial charge >= 0.3 is 18.1 Å². The van der Waals surface area contributed by atoms with Crippen molar-refractivity contribution in [2.45, 2.75) is 56.6 Å². The molecule has 0 radical (unpaired) electrons. The molecular formula is C29H33F3N4O6S3. The van der Waals surface area contributed by atoms with E-state index in [0.29, 0.717) is 23.0 Å². The number of rotatable bonds is 9. The van der Waals surface area contributed by atoms with Gasteiger partial charge in [-0.05, 0) is 63.7 Å². The molecule has 0 amide bonds. The number of hydrogen-bond donors (Lipinski definition) is 2. The number of halogens is 3. The van der Waals surface area contributed by atoms with Crippen LogP contribution in [0.2, 0.25) is 0 Å².